The summed E-state index contributed by atoms with van der Waals surface area (Å²) in [6, 6.07) is 11.2. The van der Waals surface area contributed by atoms with Crippen LogP contribution in [0.1, 0.15) is 96.4 Å². The topological polar surface area (TPSA) is 173 Å². The van der Waals surface area contributed by atoms with Crippen LogP contribution in [0.15, 0.2) is 48.7 Å². The fourth-order valence-electron chi connectivity index (χ4n) is 11.6. The van der Waals surface area contributed by atoms with Crippen LogP contribution in [-0.4, -0.2) is 112 Å². The number of piperidine rings is 3. The summed E-state index contributed by atoms with van der Waals surface area (Å²) in [7, 11) is 0. The van der Waals surface area contributed by atoms with Crippen molar-refractivity contribution in [2.75, 3.05) is 42.5 Å². The summed E-state index contributed by atoms with van der Waals surface area (Å²) in [4.78, 5) is 80.9. The van der Waals surface area contributed by atoms with Gasteiger partial charge < -0.3 is 20.3 Å². The van der Waals surface area contributed by atoms with Gasteiger partial charge in [-0.25, -0.2) is 9.37 Å². The minimum Gasteiger partial charge on any atom is -0.489 e. The molecule has 0 unspecified atom stereocenters. The SMILES string of the molecule is CC1(C)C(Oc2ccc(C#N)c(Cl)c2)C(C)(C)C1N1C(=O)CC[C@@H](N2C(=O)c3cc(F)c(N4[C@@H]5C[C@@H]4CN(CC4CCN(c6ccc(C(N)=O)cn6)CC4)C5)cc3C2=O)C1=O. The van der Waals surface area contributed by atoms with E-state index in [1.54, 1.807) is 24.3 Å². The monoisotopic (exact) mass is 850 g/mol. The average Bonchev–Trinajstić information content (AvgIpc) is 3.45. The molecule has 1 aromatic heterocycles. The molecule has 14 nitrogen and oxygen atoms in total. The van der Waals surface area contributed by atoms with Crippen molar-refractivity contribution in [3.8, 4) is 11.8 Å². The third-order valence-corrected chi connectivity index (χ3v) is 14.4. The first-order valence-corrected chi connectivity index (χ1v) is 21.3. The van der Waals surface area contributed by atoms with E-state index >= 15 is 4.39 Å². The molecule has 2 aromatic carbocycles. The number of aromatic nitrogens is 1. The molecule has 318 valence electrons. The van der Waals surface area contributed by atoms with Crippen LogP contribution < -0.4 is 20.3 Å². The minimum absolute atomic E-state index is 0.0295. The maximum atomic E-state index is 16.1. The highest BCUT2D eigenvalue weighted by Gasteiger charge is 2.68. The number of amides is 5. The van der Waals surface area contributed by atoms with E-state index in [2.05, 4.69) is 14.8 Å². The van der Waals surface area contributed by atoms with Crippen LogP contribution in [0.5, 0.6) is 5.75 Å². The molecule has 1 aliphatic carbocycles. The number of nitrogens with zero attached hydrogens (tertiary/aromatic N) is 7. The summed E-state index contributed by atoms with van der Waals surface area (Å²) in [5, 5.41) is 9.53. The number of carbonyl (C=O) groups is 5. The first-order valence-electron chi connectivity index (χ1n) is 20.9. The number of imide groups is 2. The Morgan fingerprint density at radius 3 is 2.23 bits per heavy atom. The number of benzene rings is 2. The molecule has 2 bridgehead atoms. The number of nitrogens with two attached hydrogens (primary N) is 1. The van der Waals surface area contributed by atoms with Crippen LogP contribution in [0.4, 0.5) is 15.9 Å². The van der Waals surface area contributed by atoms with E-state index in [1.807, 2.05) is 44.7 Å². The summed E-state index contributed by atoms with van der Waals surface area (Å²) in [5.74, 6) is -1.78. The summed E-state index contributed by atoms with van der Waals surface area (Å²) >= 11 is 6.27. The highest BCUT2D eigenvalue weighted by atomic mass is 35.5. The Morgan fingerprint density at radius 2 is 1.62 bits per heavy atom. The minimum atomic E-state index is -1.23. The van der Waals surface area contributed by atoms with Gasteiger partial charge in [-0.05, 0) is 68.0 Å². The number of hydrogen-bond acceptors (Lipinski definition) is 11. The summed E-state index contributed by atoms with van der Waals surface area (Å²) in [5.41, 5.74) is 4.81. The molecule has 3 atom stereocenters. The Hall–Kier alpha value is -5.59. The number of carbonyl (C=O) groups excluding carboxylic acids is 5. The van der Waals surface area contributed by atoms with Gasteiger partial charge in [-0.2, -0.15) is 5.26 Å². The molecule has 6 fully saturated rings. The number of anilines is 2. The number of nitriles is 1. The average molecular weight is 851 g/mol. The largest absolute Gasteiger partial charge is 0.489 e. The summed E-state index contributed by atoms with van der Waals surface area (Å²) < 4.78 is 22.4. The number of ether oxygens (including phenoxy) is 1. The molecule has 7 heterocycles. The fraction of sp³-hybridized carbons (Fsp3) is 0.489. The maximum Gasteiger partial charge on any atom is 0.262 e. The van der Waals surface area contributed by atoms with E-state index in [9.17, 15) is 29.2 Å². The standard InChI is InChI=1S/C45H48ClFN8O6/c1-44(2)42(45(3,4)43(44)61-29-7-5-25(19-48)32(46)16-29)55-37(56)10-8-34(41(55)60)54-39(58)30-17-33(47)35(18-31(30)40(54)59)53-27-15-28(53)23-51(22-27)21-24-11-13-52(14-12-24)36-9-6-26(20-50-36)38(49)57/h5-7,9,16-18,20,24,27-28,34,42-43H,8,10-15,21-23H2,1-4H3,(H2,49,57)/t27-,28-,34-,42?,43?/m1/s1. The highest BCUT2D eigenvalue weighted by Crippen LogP contribution is 2.59. The van der Waals surface area contributed by atoms with Gasteiger partial charge in [-0.3, -0.25) is 38.7 Å². The number of hydrogen-bond donors (Lipinski definition) is 1. The summed E-state index contributed by atoms with van der Waals surface area (Å²) in [6.07, 6.45) is 3.85. The fourth-order valence-corrected chi connectivity index (χ4v) is 11.8. The molecule has 10 rings (SSSR count). The first kappa shape index (κ1) is 40.8. The van der Waals surface area contributed by atoms with Gasteiger partial charge in [0.2, 0.25) is 11.8 Å². The number of halogens is 2. The van der Waals surface area contributed by atoms with Crippen molar-refractivity contribution in [3.63, 3.8) is 0 Å². The lowest BCUT2D eigenvalue weighted by Gasteiger charge is -2.65. The Morgan fingerprint density at radius 1 is 0.951 bits per heavy atom. The molecular weight excluding hydrogens is 803 g/mol. The van der Waals surface area contributed by atoms with Gasteiger partial charge in [0.15, 0.2) is 0 Å². The zero-order chi connectivity index (χ0) is 43.3. The van der Waals surface area contributed by atoms with Gasteiger partial charge >= 0.3 is 0 Å². The van der Waals surface area contributed by atoms with Gasteiger partial charge in [0.25, 0.3) is 17.7 Å². The van der Waals surface area contributed by atoms with Gasteiger partial charge in [-0.15, -0.1) is 0 Å². The van der Waals surface area contributed by atoms with Crippen LogP contribution in [-0.2, 0) is 9.59 Å². The van der Waals surface area contributed by atoms with Gasteiger partial charge in [-0.1, -0.05) is 39.3 Å². The van der Waals surface area contributed by atoms with Crippen molar-refractivity contribution in [1.29, 1.82) is 5.26 Å². The third-order valence-electron chi connectivity index (χ3n) is 14.1. The molecular formula is C45H48ClFN8O6. The molecule has 0 radical (unpaired) electrons. The van der Waals surface area contributed by atoms with E-state index in [0.29, 0.717) is 22.8 Å². The molecule has 2 N–H and O–H groups in total. The lowest BCUT2D eigenvalue weighted by atomic mass is 9.48. The van der Waals surface area contributed by atoms with Gasteiger partial charge in [0.05, 0.1) is 39.0 Å². The quantitative estimate of drug-likeness (QED) is 0.287. The van der Waals surface area contributed by atoms with E-state index in [-0.39, 0.29) is 46.8 Å². The second-order valence-electron chi connectivity index (χ2n) is 18.7. The van der Waals surface area contributed by atoms with E-state index in [0.717, 1.165) is 68.8 Å². The first-order chi connectivity index (χ1) is 29.0. The van der Waals surface area contributed by atoms with Crippen LogP contribution >= 0.6 is 11.6 Å². The number of primary amides is 1. The van der Waals surface area contributed by atoms with E-state index < -0.39 is 64.4 Å². The van der Waals surface area contributed by atoms with Crippen LogP contribution in [0.25, 0.3) is 0 Å². The Kier molecular flexibility index (Phi) is 9.90. The number of pyridine rings is 1. The van der Waals surface area contributed by atoms with Crippen molar-refractivity contribution in [2.45, 2.75) is 90.1 Å². The molecule has 5 saturated heterocycles. The predicted octanol–water partition coefficient (Wildman–Crippen LogP) is 5.02. The van der Waals surface area contributed by atoms with Crippen molar-refractivity contribution < 1.29 is 33.1 Å². The zero-order valence-corrected chi connectivity index (χ0v) is 35.3. The van der Waals surface area contributed by atoms with E-state index in [4.69, 9.17) is 22.1 Å². The van der Waals surface area contributed by atoms with Crippen LogP contribution in [0.3, 0.4) is 0 Å². The predicted molar refractivity (Wildman–Crippen MR) is 223 cm³/mol. The third kappa shape index (κ3) is 6.61. The molecule has 1 saturated carbocycles. The number of rotatable bonds is 9. The second-order valence-corrected chi connectivity index (χ2v) is 19.1. The molecule has 61 heavy (non-hydrogen) atoms. The Bertz CT molecular complexity index is 2380. The highest BCUT2D eigenvalue weighted by molar-refractivity contribution is 6.31. The smallest absolute Gasteiger partial charge is 0.262 e. The molecule has 6 aliphatic heterocycles. The Labute approximate surface area is 358 Å². The molecule has 7 aliphatic rings. The van der Waals surface area contributed by atoms with Crippen molar-refractivity contribution in [1.82, 2.24) is 19.7 Å². The summed E-state index contributed by atoms with van der Waals surface area (Å²) in [6.45, 7) is 11.8. The van der Waals surface area contributed by atoms with Gasteiger partial charge in [0.1, 0.15) is 35.6 Å². The number of likely N-dealkylation sites (tertiary alicyclic amines) is 1. The molecule has 0 spiro atoms. The van der Waals surface area contributed by atoms with Crippen molar-refractivity contribution in [3.05, 3.63) is 81.8 Å². The molecule has 3 aromatic rings. The van der Waals surface area contributed by atoms with Crippen LogP contribution in [0, 0.1) is 33.9 Å². The van der Waals surface area contributed by atoms with Crippen molar-refractivity contribution in [2.24, 2.45) is 22.5 Å². The second kappa shape index (κ2) is 14.8. The molecule has 5 amide bonds. The lowest BCUT2D eigenvalue weighted by molar-refractivity contribution is -0.216. The van der Waals surface area contributed by atoms with Gasteiger partial charge in [0, 0.05) is 74.3 Å². The maximum absolute atomic E-state index is 16.1. The lowest BCUT2D eigenvalue weighted by Crippen LogP contribution is -2.77. The van der Waals surface area contributed by atoms with Crippen LogP contribution in [0.2, 0.25) is 5.02 Å². The number of piperazine rings is 1. The normalized spacial score (nSPS) is 27.1. The zero-order valence-electron chi connectivity index (χ0n) is 34.6. The van der Waals surface area contributed by atoms with E-state index in [1.165, 1.54) is 17.2 Å². The molecule has 16 heteroatoms. The van der Waals surface area contributed by atoms with Crippen molar-refractivity contribution >= 4 is 52.6 Å². The Balaban J connectivity index is 0.853. The number of fused-ring (bicyclic) bond motifs is 3.